The fourth-order valence-corrected chi connectivity index (χ4v) is 4.05. The van der Waals surface area contributed by atoms with E-state index in [9.17, 15) is 19.2 Å². The van der Waals surface area contributed by atoms with Crippen LogP contribution in [-0.2, 0) is 47.6 Å². The van der Waals surface area contributed by atoms with E-state index in [-0.39, 0.29) is 43.8 Å². The van der Waals surface area contributed by atoms with Gasteiger partial charge in [-0.15, -0.1) is 0 Å². The fraction of sp³-hybridized carbons (Fsp3) is 0.760. The number of hydrogen-bond acceptors (Lipinski definition) is 10. The maximum Gasteiger partial charge on any atom is 0.347 e. The summed E-state index contributed by atoms with van der Waals surface area (Å²) in [6, 6.07) is 0. The number of carbonyl (C=O) groups is 4. The molecular formula is C25H38O10. The van der Waals surface area contributed by atoms with Crippen molar-refractivity contribution in [3.8, 4) is 0 Å². The van der Waals surface area contributed by atoms with Gasteiger partial charge in [0.1, 0.15) is 12.2 Å². The Bertz CT molecular complexity index is 722. The first-order valence-electron chi connectivity index (χ1n) is 12.3. The van der Waals surface area contributed by atoms with Crippen molar-refractivity contribution >= 4 is 23.9 Å². The summed E-state index contributed by atoms with van der Waals surface area (Å²) in [6.07, 6.45) is 4.12. The highest BCUT2D eigenvalue weighted by atomic mass is 16.6. The molecule has 10 nitrogen and oxygen atoms in total. The van der Waals surface area contributed by atoms with Crippen molar-refractivity contribution in [2.24, 2.45) is 0 Å². The van der Waals surface area contributed by atoms with Crippen LogP contribution in [0, 0.1) is 0 Å². The molecule has 0 amide bonds. The number of ether oxygens (including phenoxy) is 6. The van der Waals surface area contributed by atoms with E-state index in [4.69, 9.17) is 28.4 Å². The van der Waals surface area contributed by atoms with Crippen molar-refractivity contribution in [3.63, 3.8) is 0 Å². The molecule has 0 N–H and O–H groups in total. The van der Waals surface area contributed by atoms with Gasteiger partial charge in [0.05, 0.1) is 19.6 Å². The summed E-state index contributed by atoms with van der Waals surface area (Å²) < 4.78 is 31.4. The Labute approximate surface area is 206 Å². The first-order valence-corrected chi connectivity index (χ1v) is 12.3. The summed E-state index contributed by atoms with van der Waals surface area (Å²) in [5.41, 5.74) is -0.208. The van der Waals surface area contributed by atoms with Gasteiger partial charge in [-0.1, -0.05) is 6.58 Å². The maximum absolute atomic E-state index is 12.5. The van der Waals surface area contributed by atoms with E-state index >= 15 is 0 Å². The van der Waals surface area contributed by atoms with Crippen LogP contribution in [0.4, 0.5) is 0 Å². The summed E-state index contributed by atoms with van der Waals surface area (Å²) in [7, 11) is 2.94. The molecule has 2 saturated carbocycles. The van der Waals surface area contributed by atoms with Gasteiger partial charge in [-0.05, 0) is 51.4 Å². The summed E-state index contributed by atoms with van der Waals surface area (Å²) in [6.45, 7) is 3.95. The van der Waals surface area contributed by atoms with E-state index < -0.39 is 42.5 Å². The molecule has 0 aliphatic heterocycles. The number of rotatable bonds is 15. The van der Waals surface area contributed by atoms with Crippen LogP contribution in [-0.4, -0.2) is 75.7 Å². The fourth-order valence-electron chi connectivity index (χ4n) is 4.05. The molecule has 10 heteroatoms. The first-order chi connectivity index (χ1) is 16.8. The number of methoxy groups -OCH3 is 2. The Morgan fingerprint density at radius 3 is 1.60 bits per heavy atom. The third-order valence-electron chi connectivity index (χ3n) is 6.03. The second kappa shape index (κ2) is 15.5. The van der Waals surface area contributed by atoms with Crippen molar-refractivity contribution in [1.29, 1.82) is 0 Å². The number of hydrogen-bond donors (Lipinski definition) is 0. The Kier molecular flexibility index (Phi) is 12.8. The third-order valence-corrected chi connectivity index (χ3v) is 6.03. The molecular weight excluding hydrogens is 460 g/mol. The average molecular weight is 499 g/mol. The average Bonchev–Trinajstić information content (AvgIpc) is 3.53. The molecule has 0 bridgehead atoms. The number of carbonyl (C=O) groups excluding carboxylic acids is 4. The molecule has 0 saturated heterocycles. The zero-order valence-corrected chi connectivity index (χ0v) is 20.8. The second-order valence-electron chi connectivity index (χ2n) is 8.90. The Morgan fingerprint density at radius 1 is 0.743 bits per heavy atom. The molecule has 2 atom stereocenters. The molecule has 2 fully saturated rings. The summed E-state index contributed by atoms with van der Waals surface area (Å²) in [5, 5.41) is 0. The van der Waals surface area contributed by atoms with Crippen molar-refractivity contribution in [2.45, 2.75) is 95.0 Å². The molecule has 0 heterocycles. The standard InChI is InChI=1S/C25H38O10/c1-17(23(27)35-21(13-15-31-3)25(29)33-19-10-6-7-11-19)16-22(26)34-20(12-14-30-2)24(28)32-18-8-4-5-9-18/h18-21H,1,4-16H2,2-3H3. The van der Waals surface area contributed by atoms with Gasteiger partial charge in [-0.3, -0.25) is 4.79 Å². The van der Waals surface area contributed by atoms with Crippen LogP contribution >= 0.6 is 0 Å². The van der Waals surface area contributed by atoms with Crippen LogP contribution in [0.25, 0.3) is 0 Å². The predicted octanol–water partition coefficient (Wildman–Crippen LogP) is 2.80. The quantitative estimate of drug-likeness (QED) is 0.189. The summed E-state index contributed by atoms with van der Waals surface area (Å²) >= 11 is 0. The molecule has 35 heavy (non-hydrogen) atoms. The smallest absolute Gasteiger partial charge is 0.347 e. The van der Waals surface area contributed by atoms with Gasteiger partial charge in [0, 0.05) is 32.6 Å². The Balaban J connectivity index is 1.88. The minimum Gasteiger partial charge on any atom is -0.460 e. The van der Waals surface area contributed by atoms with Crippen LogP contribution < -0.4 is 0 Å². The van der Waals surface area contributed by atoms with E-state index in [1.54, 1.807) is 0 Å². The molecule has 198 valence electrons. The zero-order chi connectivity index (χ0) is 25.6. The zero-order valence-electron chi connectivity index (χ0n) is 20.8. The van der Waals surface area contributed by atoms with Gasteiger partial charge >= 0.3 is 23.9 Å². The molecule has 2 rings (SSSR count). The van der Waals surface area contributed by atoms with E-state index in [1.165, 1.54) is 14.2 Å². The summed E-state index contributed by atoms with van der Waals surface area (Å²) in [4.78, 5) is 50.0. The maximum atomic E-state index is 12.5. The van der Waals surface area contributed by atoms with E-state index in [0.717, 1.165) is 51.4 Å². The van der Waals surface area contributed by atoms with Crippen LogP contribution in [0.15, 0.2) is 12.2 Å². The molecule has 0 aromatic rings. The van der Waals surface area contributed by atoms with Crippen molar-refractivity contribution in [2.75, 3.05) is 27.4 Å². The molecule has 0 radical (unpaired) electrons. The lowest BCUT2D eigenvalue weighted by Crippen LogP contribution is -2.34. The van der Waals surface area contributed by atoms with Crippen molar-refractivity contribution < 1.29 is 47.6 Å². The van der Waals surface area contributed by atoms with Gasteiger partial charge in [-0.25, -0.2) is 14.4 Å². The second-order valence-corrected chi connectivity index (χ2v) is 8.90. The highest BCUT2D eigenvalue weighted by Crippen LogP contribution is 2.23. The van der Waals surface area contributed by atoms with Gasteiger partial charge in [0.15, 0.2) is 0 Å². The van der Waals surface area contributed by atoms with Crippen LogP contribution in [0.5, 0.6) is 0 Å². The third kappa shape index (κ3) is 10.4. The first kappa shape index (κ1) is 28.8. The minimum atomic E-state index is -1.17. The van der Waals surface area contributed by atoms with E-state index in [1.807, 2.05) is 0 Å². The largest absolute Gasteiger partial charge is 0.460 e. The van der Waals surface area contributed by atoms with Crippen LogP contribution in [0.1, 0.15) is 70.6 Å². The van der Waals surface area contributed by atoms with Crippen LogP contribution in [0.2, 0.25) is 0 Å². The Morgan fingerprint density at radius 2 is 1.17 bits per heavy atom. The van der Waals surface area contributed by atoms with Gasteiger partial charge < -0.3 is 28.4 Å². The topological polar surface area (TPSA) is 124 Å². The van der Waals surface area contributed by atoms with Crippen molar-refractivity contribution in [3.05, 3.63) is 12.2 Å². The lowest BCUT2D eigenvalue weighted by molar-refractivity contribution is -0.173. The predicted molar refractivity (Wildman–Crippen MR) is 123 cm³/mol. The van der Waals surface area contributed by atoms with Gasteiger partial charge in [0.25, 0.3) is 0 Å². The lowest BCUT2D eigenvalue weighted by Gasteiger charge is -2.20. The van der Waals surface area contributed by atoms with Gasteiger partial charge in [-0.2, -0.15) is 0 Å². The Hall–Kier alpha value is -2.46. The highest BCUT2D eigenvalue weighted by molar-refractivity contribution is 5.95. The normalized spacial score (nSPS) is 18.0. The highest BCUT2D eigenvalue weighted by Gasteiger charge is 2.31. The van der Waals surface area contributed by atoms with E-state index in [0.29, 0.717) is 0 Å². The molecule has 0 aromatic heterocycles. The molecule has 0 aromatic carbocycles. The van der Waals surface area contributed by atoms with Crippen LogP contribution in [0.3, 0.4) is 0 Å². The molecule has 2 aliphatic rings. The monoisotopic (exact) mass is 498 g/mol. The lowest BCUT2D eigenvalue weighted by atomic mass is 10.2. The molecule has 2 aliphatic carbocycles. The molecule has 0 spiro atoms. The SMILES string of the molecule is C=C(CC(=O)OC(CCOC)C(=O)OC1CCCC1)C(=O)OC(CCOC)C(=O)OC1CCCC1. The van der Waals surface area contributed by atoms with Gasteiger partial charge in [0.2, 0.25) is 12.2 Å². The summed E-state index contributed by atoms with van der Waals surface area (Å²) in [5.74, 6) is -3.04. The minimum absolute atomic E-state index is 0.109. The van der Waals surface area contributed by atoms with E-state index in [2.05, 4.69) is 6.58 Å². The number of esters is 4. The molecule has 2 unspecified atom stereocenters. The van der Waals surface area contributed by atoms with Crippen molar-refractivity contribution in [1.82, 2.24) is 0 Å².